The predicted molar refractivity (Wildman–Crippen MR) is 46.4 cm³/mol. The van der Waals surface area contributed by atoms with Crippen molar-refractivity contribution in [3.05, 3.63) is 29.1 Å². The van der Waals surface area contributed by atoms with Crippen molar-refractivity contribution in [1.29, 1.82) is 0 Å². The number of nitrogens with zero attached hydrogens (tertiary/aromatic N) is 1. The molecule has 5 heteroatoms. The summed E-state index contributed by atoms with van der Waals surface area (Å²) in [6.07, 6.45) is 0.896. The number of rotatable bonds is 3. The van der Waals surface area contributed by atoms with Crippen LogP contribution in [0.5, 0.6) is 0 Å². The number of pyridine rings is 1. The topological polar surface area (TPSA) is 73.3 Å². The van der Waals surface area contributed by atoms with E-state index in [9.17, 15) is 14.4 Å². The Balaban J connectivity index is 3.24. The molecule has 72 valence electrons. The van der Waals surface area contributed by atoms with E-state index in [4.69, 9.17) is 0 Å². The zero-order chi connectivity index (χ0) is 10.6. The van der Waals surface area contributed by atoms with E-state index in [1.165, 1.54) is 19.2 Å². The van der Waals surface area contributed by atoms with Gasteiger partial charge in [-0.1, -0.05) is 0 Å². The monoisotopic (exact) mass is 193 g/mol. The van der Waals surface area contributed by atoms with Gasteiger partial charge in [0.1, 0.15) is 11.4 Å². The number of esters is 1. The molecule has 1 rings (SSSR count). The summed E-state index contributed by atoms with van der Waals surface area (Å²) in [5.41, 5.74) is 0.0503. The Hall–Kier alpha value is -2.04. The number of ether oxygens (including phenoxy) is 1. The fourth-order valence-corrected chi connectivity index (χ4v) is 0.929. The summed E-state index contributed by atoms with van der Waals surface area (Å²) >= 11 is 0. The fraction of sp³-hybridized carbons (Fsp3) is 0.111. The Morgan fingerprint density at radius 2 is 2.07 bits per heavy atom. The second-order valence-corrected chi connectivity index (χ2v) is 2.40. The van der Waals surface area contributed by atoms with Crippen molar-refractivity contribution in [3.63, 3.8) is 0 Å². The summed E-state index contributed by atoms with van der Waals surface area (Å²) in [6, 6.07) is 2.67. The molecule has 0 N–H and O–H groups in total. The van der Waals surface area contributed by atoms with Gasteiger partial charge < -0.3 is 4.74 Å². The first-order valence-electron chi connectivity index (χ1n) is 3.72. The molecule has 0 amide bonds. The molecule has 1 heterocycles. The standard InChI is InChI=1S/C9H7NO4/c1-14-9(13)7-3-2-6(4-11)10-8(7)5-12/h2-5H,1H3. The first-order chi connectivity index (χ1) is 6.72. The molecule has 0 radical (unpaired) electrons. The molecular formula is C9H7NO4. The third-order valence-electron chi connectivity index (χ3n) is 1.58. The van der Waals surface area contributed by atoms with E-state index in [0.29, 0.717) is 12.6 Å². The maximum Gasteiger partial charge on any atom is 0.340 e. The molecule has 0 spiro atoms. The quantitative estimate of drug-likeness (QED) is 0.516. The molecule has 0 aromatic carbocycles. The highest BCUT2D eigenvalue weighted by Crippen LogP contribution is 2.06. The second kappa shape index (κ2) is 4.27. The zero-order valence-electron chi connectivity index (χ0n) is 7.39. The van der Waals surface area contributed by atoms with Crippen LogP contribution in [-0.2, 0) is 4.74 Å². The largest absolute Gasteiger partial charge is 0.465 e. The Morgan fingerprint density at radius 1 is 1.36 bits per heavy atom. The van der Waals surface area contributed by atoms with Crippen molar-refractivity contribution < 1.29 is 19.1 Å². The molecule has 5 nitrogen and oxygen atoms in total. The van der Waals surface area contributed by atoms with Crippen LogP contribution in [0.1, 0.15) is 31.3 Å². The van der Waals surface area contributed by atoms with Crippen LogP contribution < -0.4 is 0 Å². The maximum absolute atomic E-state index is 11.1. The highest BCUT2D eigenvalue weighted by Gasteiger charge is 2.12. The molecule has 0 aliphatic carbocycles. The minimum Gasteiger partial charge on any atom is -0.465 e. The highest BCUT2D eigenvalue weighted by atomic mass is 16.5. The number of carbonyl (C=O) groups is 3. The van der Waals surface area contributed by atoms with Crippen molar-refractivity contribution in [2.45, 2.75) is 0 Å². The van der Waals surface area contributed by atoms with Gasteiger partial charge in [0.25, 0.3) is 0 Å². The number of carbonyl (C=O) groups excluding carboxylic acids is 3. The van der Waals surface area contributed by atoms with Gasteiger partial charge in [0.2, 0.25) is 0 Å². The van der Waals surface area contributed by atoms with Crippen LogP contribution in [-0.4, -0.2) is 30.6 Å². The van der Waals surface area contributed by atoms with Gasteiger partial charge in [-0.15, -0.1) is 0 Å². The van der Waals surface area contributed by atoms with Gasteiger partial charge >= 0.3 is 5.97 Å². The van der Waals surface area contributed by atoms with Crippen LogP contribution in [0.3, 0.4) is 0 Å². The average molecular weight is 193 g/mol. The van der Waals surface area contributed by atoms with Crippen LogP contribution >= 0.6 is 0 Å². The maximum atomic E-state index is 11.1. The first kappa shape index (κ1) is 10.0. The lowest BCUT2D eigenvalue weighted by Crippen LogP contribution is -2.08. The van der Waals surface area contributed by atoms with Gasteiger partial charge in [0.05, 0.1) is 12.7 Å². The first-order valence-corrected chi connectivity index (χ1v) is 3.72. The second-order valence-electron chi connectivity index (χ2n) is 2.40. The van der Waals surface area contributed by atoms with Crippen molar-refractivity contribution in [2.24, 2.45) is 0 Å². The lowest BCUT2D eigenvalue weighted by Gasteiger charge is -2.01. The summed E-state index contributed by atoms with van der Waals surface area (Å²) < 4.78 is 4.43. The lowest BCUT2D eigenvalue weighted by molar-refractivity contribution is 0.0597. The van der Waals surface area contributed by atoms with Crippen LogP contribution in [0.25, 0.3) is 0 Å². The molecule has 1 aromatic rings. The predicted octanol–water partition coefficient (Wildman–Crippen LogP) is 0.493. The highest BCUT2D eigenvalue weighted by molar-refractivity contribution is 5.97. The van der Waals surface area contributed by atoms with E-state index in [0.717, 1.165) is 0 Å². The molecule has 0 atom stereocenters. The number of aldehydes is 2. The smallest absolute Gasteiger partial charge is 0.340 e. The van der Waals surface area contributed by atoms with E-state index in [1.54, 1.807) is 0 Å². The van der Waals surface area contributed by atoms with Gasteiger partial charge in [-0.2, -0.15) is 0 Å². The molecule has 0 aliphatic rings. The SMILES string of the molecule is COC(=O)c1ccc(C=O)nc1C=O. The van der Waals surface area contributed by atoms with E-state index >= 15 is 0 Å². The third kappa shape index (κ3) is 1.82. The molecule has 1 aromatic heterocycles. The van der Waals surface area contributed by atoms with Crippen molar-refractivity contribution >= 4 is 18.5 Å². The van der Waals surface area contributed by atoms with E-state index in [2.05, 4.69) is 9.72 Å². The Kier molecular flexibility index (Phi) is 3.06. The van der Waals surface area contributed by atoms with Crippen LogP contribution in [0.4, 0.5) is 0 Å². The molecular weight excluding hydrogens is 186 g/mol. The average Bonchev–Trinajstić information content (AvgIpc) is 2.27. The molecule has 0 aliphatic heterocycles. The minimum atomic E-state index is -0.656. The van der Waals surface area contributed by atoms with Crippen LogP contribution in [0.2, 0.25) is 0 Å². The van der Waals surface area contributed by atoms with Crippen LogP contribution in [0, 0.1) is 0 Å². The molecule has 0 fully saturated rings. The van der Waals surface area contributed by atoms with Gasteiger partial charge in [0.15, 0.2) is 12.6 Å². The van der Waals surface area contributed by atoms with Crippen molar-refractivity contribution in [3.8, 4) is 0 Å². The summed E-state index contributed by atoms with van der Waals surface area (Å²) in [7, 11) is 1.20. The van der Waals surface area contributed by atoms with E-state index in [1.807, 2.05) is 0 Å². The summed E-state index contributed by atoms with van der Waals surface area (Å²) in [6.45, 7) is 0. The Labute approximate surface area is 79.7 Å². The Morgan fingerprint density at radius 3 is 2.57 bits per heavy atom. The number of methoxy groups -OCH3 is 1. The van der Waals surface area contributed by atoms with Gasteiger partial charge in [-0.25, -0.2) is 9.78 Å². The van der Waals surface area contributed by atoms with Gasteiger partial charge in [-0.05, 0) is 12.1 Å². The number of hydrogen-bond donors (Lipinski definition) is 0. The van der Waals surface area contributed by atoms with E-state index in [-0.39, 0.29) is 17.0 Å². The zero-order valence-corrected chi connectivity index (χ0v) is 7.39. The molecule has 14 heavy (non-hydrogen) atoms. The number of hydrogen-bond acceptors (Lipinski definition) is 5. The fourth-order valence-electron chi connectivity index (χ4n) is 0.929. The van der Waals surface area contributed by atoms with Crippen molar-refractivity contribution in [1.82, 2.24) is 4.98 Å². The minimum absolute atomic E-state index is 0.0492. The summed E-state index contributed by atoms with van der Waals surface area (Å²) in [4.78, 5) is 35.6. The summed E-state index contributed by atoms with van der Waals surface area (Å²) in [5.74, 6) is -0.656. The number of aromatic nitrogens is 1. The molecule has 0 saturated carbocycles. The van der Waals surface area contributed by atoms with Gasteiger partial charge in [-0.3, -0.25) is 9.59 Å². The third-order valence-corrected chi connectivity index (χ3v) is 1.58. The molecule has 0 saturated heterocycles. The lowest BCUT2D eigenvalue weighted by atomic mass is 10.2. The van der Waals surface area contributed by atoms with Crippen molar-refractivity contribution in [2.75, 3.05) is 7.11 Å². The van der Waals surface area contributed by atoms with E-state index < -0.39 is 5.97 Å². The molecule has 0 bridgehead atoms. The summed E-state index contributed by atoms with van der Waals surface area (Å²) in [5, 5.41) is 0. The Bertz CT molecular complexity index is 386. The van der Waals surface area contributed by atoms with Crippen LogP contribution in [0.15, 0.2) is 12.1 Å². The molecule has 0 unspecified atom stereocenters. The van der Waals surface area contributed by atoms with Gasteiger partial charge in [0, 0.05) is 0 Å². The normalized spacial score (nSPS) is 9.21.